The van der Waals surface area contributed by atoms with Crippen LogP contribution in [0, 0.1) is 11.8 Å². The fourth-order valence-electron chi connectivity index (χ4n) is 2.15. The zero-order valence-electron chi connectivity index (χ0n) is 6.59. The van der Waals surface area contributed by atoms with Gasteiger partial charge >= 0.3 is 0 Å². The van der Waals surface area contributed by atoms with Gasteiger partial charge in [-0.3, -0.25) is 0 Å². The topological polar surface area (TPSA) is 25.2 Å². The number of nitrogens with one attached hydrogen (secondary N) is 1. The van der Waals surface area contributed by atoms with E-state index in [1.54, 1.807) is 0 Å². The van der Waals surface area contributed by atoms with Crippen LogP contribution in [0.4, 0.5) is 0 Å². The van der Waals surface area contributed by atoms with E-state index in [1.165, 1.54) is 6.42 Å². The van der Waals surface area contributed by atoms with Crippen LogP contribution < -0.4 is 5.32 Å². The molecule has 0 amide bonds. The van der Waals surface area contributed by atoms with E-state index >= 15 is 0 Å². The lowest BCUT2D eigenvalue weighted by Crippen LogP contribution is -2.17. The summed E-state index contributed by atoms with van der Waals surface area (Å²) in [7, 11) is 0. The zero-order valence-corrected chi connectivity index (χ0v) is 7.34. The molecule has 2 heterocycles. The fourth-order valence-corrected chi connectivity index (χ4v) is 2.30. The molecule has 1 aliphatic carbocycles. The molecule has 64 valence electrons. The van der Waals surface area contributed by atoms with Crippen LogP contribution in [0.25, 0.3) is 0 Å². The van der Waals surface area contributed by atoms with E-state index in [9.17, 15) is 0 Å². The lowest BCUT2D eigenvalue weighted by molar-refractivity contribution is 0.419. The molecule has 2 nitrogen and oxygen atoms in total. The summed E-state index contributed by atoms with van der Waals surface area (Å²) < 4.78 is 5.37. The predicted octanol–water partition coefficient (Wildman–Crippen LogP) is 2.21. The first-order valence-corrected chi connectivity index (χ1v) is 4.71. The maximum absolute atomic E-state index is 5.71. The molecule has 0 bridgehead atoms. The lowest BCUT2D eigenvalue weighted by Gasteiger charge is -2.08. The average molecular weight is 184 g/mol. The average Bonchev–Trinajstić information content (AvgIpc) is 2.53. The van der Waals surface area contributed by atoms with Crippen molar-refractivity contribution in [3.05, 3.63) is 23.1 Å². The van der Waals surface area contributed by atoms with Crippen LogP contribution in [0.15, 0.2) is 16.5 Å². The third-order valence-electron chi connectivity index (χ3n) is 2.91. The monoisotopic (exact) mass is 183 g/mol. The Bertz CT molecular complexity index is 309. The first kappa shape index (κ1) is 6.98. The molecular weight excluding hydrogens is 174 g/mol. The van der Waals surface area contributed by atoms with Gasteiger partial charge < -0.3 is 9.73 Å². The van der Waals surface area contributed by atoms with Crippen molar-refractivity contribution < 1.29 is 4.42 Å². The minimum atomic E-state index is 0.433. The third kappa shape index (κ3) is 0.915. The highest BCUT2D eigenvalue weighted by molar-refractivity contribution is 6.28. The number of hydrogen-bond acceptors (Lipinski definition) is 2. The van der Waals surface area contributed by atoms with Gasteiger partial charge in [-0.15, -0.1) is 0 Å². The summed E-state index contributed by atoms with van der Waals surface area (Å²) in [6, 6.07) is 4.22. The standard InChI is InChI=1S/C9H10ClNO/c10-8-2-1-7(12-8)9-6-3-5(6)4-11-9/h1-2,5-6,9,11H,3-4H2. The SMILES string of the molecule is Clc1ccc(C2NCC3CC32)o1. The van der Waals surface area contributed by atoms with E-state index in [1.807, 2.05) is 12.1 Å². The summed E-state index contributed by atoms with van der Waals surface area (Å²) in [5.41, 5.74) is 0. The highest BCUT2D eigenvalue weighted by Crippen LogP contribution is 2.51. The van der Waals surface area contributed by atoms with E-state index < -0.39 is 0 Å². The van der Waals surface area contributed by atoms with Crippen LogP contribution >= 0.6 is 11.6 Å². The molecule has 3 rings (SSSR count). The van der Waals surface area contributed by atoms with Crippen molar-refractivity contribution in [1.82, 2.24) is 5.32 Å². The predicted molar refractivity (Wildman–Crippen MR) is 46.1 cm³/mol. The summed E-state index contributed by atoms with van der Waals surface area (Å²) in [5, 5.41) is 3.93. The first-order chi connectivity index (χ1) is 5.84. The van der Waals surface area contributed by atoms with Crippen molar-refractivity contribution in [3.8, 4) is 0 Å². The van der Waals surface area contributed by atoms with Gasteiger partial charge in [0, 0.05) is 0 Å². The molecule has 0 radical (unpaired) electrons. The second kappa shape index (κ2) is 2.27. The number of rotatable bonds is 1. The smallest absolute Gasteiger partial charge is 0.193 e. The van der Waals surface area contributed by atoms with Crippen molar-refractivity contribution in [2.45, 2.75) is 12.5 Å². The van der Waals surface area contributed by atoms with Gasteiger partial charge in [0.2, 0.25) is 0 Å². The second-order valence-corrected chi connectivity index (χ2v) is 4.06. The van der Waals surface area contributed by atoms with E-state index in [2.05, 4.69) is 5.32 Å². The number of hydrogen-bond donors (Lipinski definition) is 1. The quantitative estimate of drug-likeness (QED) is 0.722. The van der Waals surface area contributed by atoms with Crippen molar-refractivity contribution in [2.75, 3.05) is 6.54 Å². The van der Waals surface area contributed by atoms with Crippen LogP contribution in [0.1, 0.15) is 18.2 Å². The van der Waals surface area contributed by atoms with Gasteiger partial charge in [0.1, 0.15) is 5.76 Å². The Kier molecular flexibility index (Phi) is 1.32. The molecule has 1 aliphatic heterocycles. The van der Waals surface area contributed by atoms with E-state index in [0.29, 0.717) is 11.3 Å². The van der Waals surface area contributed by atoms with Crippen LogP contribution in [-0.2, 0) is 0 Å². The van der Waals surface area contributed by atoms with Crippen LogP contribution in [0.3, 0.4) is 0 Å². The molecule has 1 saturated carbocycles. The fraction of sp³-hybridized carbons (Fsp3) is 0.556. The highest BCUT2D eigenvalue weighted by Gasteiger charge is 2.49. The highest BCUT2D eigenvalue weighted by atomic mass is 35.5. The zero-order chi connectivity index (χ0) is 8.13. The molecule has 3 unspecified atom stereocenters. The normalized spacial score (nSPS) is 38.2. The van der Waals surface area contributed by atoms with Crippen molar-refractivity contribution >= 4 is 11.6 Å². The Morgan fingerprint density at radius 1 is 1.50 bits per heavy atom. The third-order valence-corrected chi connectivity index (χ3v) is 3.11. The van der Waals surface area contributed by atoms with Crippen molar-refractivity contribution in [3.63, 3.8) is 0 Å². The van der Waals surface area contributed by atoms with Gasteiger partial charge in [0.05, 0.1) is 6.04 Å². The van der Waals surface area contributed by atoms with Gasteiger partial charge in [0.25, 0.3) is 0 Å². The number of fused-ring (bicyclic) bond motifs is 1. The molecule has 3 atom stereocenters. The molecule has 0 spiro atoms. The van der Waals surface area contributed by atoms with Crippen LogP contribution in [-0.4, -0.2) is 6.54 Å². The summed E-state index contributed by atoms with van der Waals surface area (Å²) in [4.78, 5) is 0. The van der Waals surface area contributed by atoms with Gasteiger partial charge in [-0.25, -0.2) is 0 Å². The Balaban J connectivity index is 1.88. The lowest BCUT2D eigenvalue weighted by atomic mass is 10.1. The van der Waals surface area contributed by atoms with Crippen molar-refractivity contribution in [1.29, 1.82) is 0 Å². The molecule has 2 aliphatic rings. The van der Waals surface area contributed by atoms with Crippen LogP contribution in [0.2, 0.25) is 5.22 Å². The molecule has 1 saturated heterocycles. The number of furan rings is 1. The Morgan fingerprint density at radius 2 is 2.42 bits per heavy atom. The van der Waals surface area contributed by atoms with Gasteiger partial charge in [-0.1, -0.05) is 0 Å². The van der Waals surface area contributed by atoms with Gasteiger partial charge in [-0.05, 0) is 48.5 Å². The van der Waals surface area contributed by atoms with Crippen molar-refractivity contribution in [2.24, 2.45) is 11.8 Å². The Morgan fingerprint density at radius 3 is 2.92 bits per heavy atom. The minimum Gasteiger partial charge on any atom is -0.448 e. The molecule has 12 heavy (non-hydrogen) atoms. The number of halogens is 1. The summed E-state index contributed by atoms with van der Waals surface area (Å²) >= 11 is 5.71. The summed E-state index contributed by atoms with van der Waals surface area (Å²) in [6.45, 7) is 1.15. The van der Waals surface area contributed by atoms with E-state index in [4.69, 9.17) is 16.0 Å². The van der Waals surface area contributed by atoms with Gasteiger partial charge in [0.15, 0.2) is 5.22 Å². The van der Waals surface area contributed by atoms with Crippen LogP contribution in [0.5, 0.6) is 0 Å². The summed E-state index contributed by atoms with van der Waals surface area (Å²) in [5.74, 6) is 2.72. The Labute approximate surface area is 75.9 Å². The second-order valence-electron chi connectivity index (χ2n) is 3.69. The molecule has 2 fully saturated rings. The molecule has 0 aromatic carbocycles. The van der Waals surface area contributed by atoms with E-state index in [0.717, 1.165) is 24.1 Å². The largest absolute Gasteiger partial charge is 0.448 e. The first-order valence-electron chi connectivity index (χ1n) is 4.33. The molecule has 3 heteroatoms. The van der Waals surface area contributed by atoms with E-state index in [-0.39, 0.29) is 0 Å². The Hall–Kier alpha value is -0.470. The molecule has 1 aromatic heterocycles. The molecule has 1 aromatic rings. The maximum Gasteiger partial charge on any atom is 0.193 e. The maximum atomic E-state index is 5.71. The van der Waals surface area contributed by atoms with Gasteiger partial charge in [-0.2, -0.15) is 0 Å². The summed E-state index contributed by atoms with van der Waals surface area (Å²) in [6.07, 6.45) is 1.36. The molecular formula is C9H10ClNO. The minimum absolute atomic E-state index is 0.433. The number of piperidine rings is 1. The molecule has 1 N–H and O–H groups in total.